The van der Waals surface area contributed by atoms with Crippen molar-refractivity contribution in [2.75, 3.05) is 0 Å². The molecule has 11 heteroatoms. The van der Waals surface area contributed by atoms with E-state index in [9.17, 15) is 18.8 Å². The van der Waals surface area contributed by atoms with Crippen molar-refractivity contribution in [2.45, 2.75) is 24.8 Å². The summed E-state index contributed by atoms with van der Waals surface area (Å²) < 4.78 is 14.6. The zero-order valence-electron chi connectivity index (χ0n) is 20.5. The van der Waals surface area contributed by atoms with Gasteiger partial charge < -0.3 is 5.32 Å². The van der Waals surface area contributed by atoms with Gasteiger partial charge in [-0.3, -0.25) is 23.8 Å². The van der Waals surface area contributed by atoms with Crippen molar-refractivity contribution >= 4 is 45.9 Å². The van der Waals surface area contributed by atoms with Gasteiger partial charge in [0.2, 0.25) is 5.91 Å². The fourth-order valence-corrected chi connectivity index (χ4v) is 5.29. The van der Waals surface area contributed by atoms with Gasteiger partial charge in [0.25, 0.3) is 11.5 Å². The molecular weight excluding hydrogens is 519 g/mol. The number of amidine groups is 2. The summed E-state index contributed by atoms with van der Waals surface area (Å²) in [7, 11) is 0. The number of nitrogens with zero attached hydrogens (tertiary/aromatic N) is 5. The van der Waals surface area contributed by atoms with Gasteiger partial charge in [0.05, 0.1) is 17.8 Å². The van der Waals surface area contributed by atoms with Crippen molar-refractivity contribution in [3.05, 3.63) is 112 Å². The maximum Gasteiger partial charge on any atom is 0.259 e. The predicted octanol–water partition coefficient (Wildman–Crippen LogP) is 3.43. The van der Waals surface area contributed by atoms with Crippen molar-refractivity contribution in [1.82, 2.24) is 19.6 Å². The Balaban J connectivity index is 1.21. The van der Waals surface area contributed by atoms with Crippen molar-refractivity contribution < 1.29 is 14.0 Å². The van der Waals surface area contributed by atoms with Crippen molar-refractivity contribution in [1.29, 1.82) is 0 Å². The summed E-state index contributed by atoms with van der Waals surface area (Å²) >= 11 is 1.27. The number of amides is 2. The molecule has 6 rings (SSSR count). The molecule has 2 aromatic heterocycles. The van der Waals surface area contributed by atoms with E-state index in [0.717, 1.165) is 5.56 Å². The zero-order valence-corrected chi connectivity index (χ0v) is 21.3. The van der Waals surface area contributed by atoms with Gasteiger partial charge in [-0.25, -0.2) is 19.3 Å². The second-order valence-corrected chi connectivity index (χ2v) is 9.91. The number of aliphatic imine (C=N–C) groups is 2. The van der Waals surface area contributed by atoms with Crippen LogP contribution in [0.5, 0.6) is 0 Å². The molecule has 2 amide bonds. The summed E-state index contributed by atoms with van der Waals surface area (Å²) in [6.07, 6.45) is 1.52. The molecule has 0 spiro atoms. The highest BCUT2D eigenvalue weighted by molar-refractivity contribution is 8.13. The molecular formula is C28H21FN6O3S. The quantitative estimate of drug-likeness (QED) is 0.403. The number of hydrogen-bond donors (Lipinski definition) is 1. The topological polar surface area (TPSA) is 108 Å². The Kier molecular flexibility index (Phi) is 6.49. The number of benzene rings is 2. The van der Waals surface area contributed by atoms with E-state index in [4.69, 9.17) is 4.99 Å². The van der Waals surface area contributed by atoms with Crippen LogP contribution in [-0.4, -0.2) is 43.1 Å². The molecule has 2 aliphatic rings. The van der Waals surface area contributed by atoms with Crippen LogP contribution in [0, 0.1) is 5.82 Å². The Morgan fingerprint density at radius 1 is 1.03 bits per heavy atom. The minimum atomic E-state index is -0.909. The molecule has 0 saturated carbocycles. The van der Waals surface area contributed by atoms with E-state index >= 15 is 0 Å². The van der Waals surface area contributed by atoms with E-state index in [0.29, 0.717) is 39.3 Å². The van der Waals surface area contributed by atoms with E-state index in [2.05, 4.69) is 15.3 Å². The molecule has 194 valence electrons. The van der Waals surface area contributed by atoms with Gasteiger partial charge in [0, 0.05) is 30.1 Å². The number of fused-ring (bicyclic) bond motifs is 4. The number of aromatic nitrogens is 2. The van der Waals surface area contributed by atoms with Gasteiger partial charge in [-0.05, 0) is 42.0 Å². The third-order valence-electron chi connectivity index (χ3n) is 6.30. The van der Waals surface area contributed by atoms with Crippen LogP contribution in [0.1, 0.15) is 23.2 Å². The number of halogens is 1. The summed E-state index contributed by atoms with van der Waals surface area (Å²) in [5.41, 5.74) is 3.00. The van der Waals surface area contributed by atoms with Crippen molar-refractivity contribution in [3.63, 3.8) is 0 Å². The monoisotopic (exact) mass is 540 g/mol. The molecule has 0 bridgehead atoms. The van der Waals surface area contributed by atoms with E-state index in [1.54, 1.807) is 30.5 Å². The Hall–Kier alpha value is -4.64. The standard InChI is InChI=1S/C28H21FN6O3S/c29-18-10-8-17(9-11-18)15-30-24(36)14-22-27(38)35-26(32-22)20-5-1-2-6-21(20)33-28(35)39-16-19-13-25(37)34-12-4-3-7-23(34)31-19/h1-13,22H,14-16H2,(H,30,36)/t22-/m0/s1. The fourth-order valence-electron chi connectivity index (χ4n) is 4.40. The Labute approximate surface area is 226 Å². The molecule has 0 unspecified atom stereocenters. The van der Waals surface area contributed by atoms with Gasteiger partial charge in [-0.1, -0.05) is 42.1 Å². The number of carbonyl (C=O) groups is 2. The first kappa shape index (κ1) is 24.7. The average Bonchev–Trinajstić information content (AvgIpc) is 3.27. The number of hydrogen-bond acceptors (Lipinski definition) is 7. The van der Waals surface area contributed by atoms with Crippen molar-refractivity contribution in [2.24, 2.45) is 9.98 Å². The van der Waals surface area contributed by atoms with Gasteiger partial charge in [0.1, 0.15) is 23.3 Å². The maximum atomic E-state index is 13.5. The summed E-state index contributed by atoms with van der Waals surface area (Å²) in [6, 6.07) is 19.1. The average molecular weight is 541 g/mol. The van der Waals surface area contributed by atoms with Gasteiger partial charge in [-0.2, -0.15) is 0 Å². The minimum absolute atomic E-state index is 0.136. The predicted molar refractivity (Wildman–Crippen MR) is 146 cm³/mol. The summed E-state index contributed by atoms with van der Waals surface area (Å²) in [5.74, 6) is -0.303. The van der Waals surface area contributed by atoms with Crippen LogP contribution in [0.2, 0.25) is 0 Å². The maximum absolute atomic E-state index is 13.5. The molecule has 0 fully saturated rings. The van der Waals surface area contributed by atoms with Crippen LogP contribution >= 0.6 is 11.8 Å². The molecule has 2 aromatic carbocycles. The first-order chi connectivity index (χ1) is 19.0. The normalized spacial score (nSPS) is 16.0. The first-order valence-electron chi connectivity index (χ1n) is 12.2. The number of pyridine rings is 1. The molecule has 1 N–H and O–H groups in total. The smallest absolute Gasteiger partial charge is 0.259 e. The zero-order chi connectivity index (χ0) is 26.9. The Bertz CT molecular complexity index is 1730. The van der Waals surface area contributed by atoms with Crippen LogP contribution in [0.3, 0.4) is 0 Å². The number of rotatable bonds is 6. The lowest BCUT2D eigenvalue weighted by Crippen LogP contribution is -2.42. The summed E-state index contributed by atoms with van der Waals surface area (Å²) in [5, 5.41) is 3.17. The molecule has 0 radical (unpaired) electrons. The van der Waals surface area contributed by atoms with Gasteiger partial charge in [0.15, 0.2) is 5.17 Å². The highest BCUT2D eigenvalue weighted by atomic mass is 32.2. The molecule has 2 aliphatic heterocycles. The van der Waals surface area contributed by atoms with Crippen LogP contribution in [0.15, 0.2) is 93.8 Å². The molecule has 4 aromatic rings. The highest BCUT2D eigenvalue weighted by Gasteiger charge is 2.42. The molecule has 0 saturated heterocycles. The largest absolute Gasteiger partial charge is 0.352 e. The van der Waals surface area contributed by atoms with E-state index in [-0.39, 0.29) is 36.2 Å². The lowest BCUT2D eigenvalue weighted by molar-refractivity contribution is -0.128. The van der Waals surface area contributed by atoms with Crippen LogP contribution in [0.25, 0.3) is 5.65 Å². The summed E-state index contributed by atoms with van der Waals surface area (Å²) in [6.45, 7) is 0.213. The summed E-state index contributed by atoms with van der Waals surface area (Å²) in [4.78, 5) is 54.0. The van der Waals surface area contributed by atoms with Crippen LogP contribution in [-0.2, 0) is 21.9 Å². The van der Waals surface area contributed by atoms with E-state index in [1.807, 2.05) is 30.3 Å². The number of para-hydroxylation sites is 1. The number of nitrogens with one attached hydrogen (secondary N) is 1. The van der Waals surface area contributed by atoms with Crippen LogP contribution in [0.4, 0.5) is 10.1 Å². The van der Waals surface area contributed by atoms with Crippen molar-refractivity contribution in [3.8, 4) is 0 Å². The third kappa shape index (κ3) is 4.96. The van der Waals surface area contributed by atoms with E-state index < -0.39 is 6.04 Å². The van der Waals surface area contributed by atoms with E-state index in [1.165, 1.54) is 39.3 Å². The minimum Gasteiger partial charge on any atom is -0.352 e. The second kappa shape index (κ2) is 10.3. The molecule has 9 nitrogen and oxygen atoms in total. The lowest BCUT2D eigenvalue weighted by Gasteiger charge is -2.25. The third-order valence-corrected chi connectivity index (χ3v) is 7.27. The first-order valence-corrected chi connectivity index (χ1v) is 13.2. The number of carbonyl (C=O) groups excluding carboxylic acids is 2. The SMILES string of the molecule is O=C(C[C@@H]1N=C2c3ccccc3N=C(SCc3cc(=O)n4ccccc4n3)N2C1=O)NCc1ccc(F)cc1. The second-order valence-electron chi connectivity index (χ2n) is 8.96. The molecule has 1 atom stereocenters. The van der Waals surface area contributed by atoms with Crippen LogP contribution < -0.4 is 10.9 Å². The Morgan fingerprint density at radius 2 is 1.82 bits per heavy atom. The Morgan fingerprint density at radius 3 is 2.67 bits per heavy atom. The highest BCUT2D eigenvalue weighted by Crippen LogP contribution is 2.34. The fraction of sp³-hybridized carbons (Fsp3) is 0.143. The molecule has 0 aliphatic carbocycles. The van der Waals surface area contributed by atoms with Gasteiger partial charge >= 0.3 is 0 Å². The number of thioether (sulfide) groups is 1. The van der Waals surface area contributed by atoms with Gasteiger partial charge in [-0.15, -0.1) is 0 Å². The lowest BCUT2D eigenvalue weighted by atomic mass is 10.1. The molecule has 39 heavy (non-hydrogen) atoms. The molecule has 4 heterocycles.